The summed E-state index contributed by atoms with van der Waals surface area (Å²) in [7, 11) is 3.15. The molecule has 0 saturated heterocycles. The molecular weight excluding hydrogens is 228 g/mol. The predicted octanol–water partition coefficient (Wildman–Crippen LogP) is 2.70. The van der Waals surface area contributed by atoms with Crippen molar-refractivity contribution in [2.45, 2.75) is 19.8 Å². The van der Waals surface area contributed by atoms with E-state index in [0.29, 0.717) is 29.2 Å². The number of rotatable bonds is 5. The number of benzene rings is 1. The summed E-state index contributed by atoms with van der Waals surface area (Å²) in [5, 5.41) is 9.07. The summed E-state index contributed by atoms with van der Waals surface area (Å²) >= 11 is 0. The molecule has 18 heavy (non-hydrogen) atoms. The Balaban J connectivity index is 3.22. The van der Waals surface area contributed by atoms with Crippen molar-refractivity contribution in [3.8, 4) is 17.6 Å². The number of hydrogen-bond acceptors (Lipinski definition) is 4. The second-order valence-electron chi connectivity index (χ2n) is 3.82. The lowest BCUT2D eigenvalue weighted by Crippen LogP contribution is -2.02. The van der Waals surface area contributed by atoms with Gasteiger partial charge in [0, 0.05) is 5.56 Å². The monoisotopic (exact) mass is 246 g/mol. The Morgan fingerprint density at radius 1 is 1.28 bits per heavy atom. The lowest BCUT2D eigenvalue weighted by atomic mass is 10.0. The zero-order valence-corrected chi connectivity index (χ0v) is 11.0. The molecule has 1 aromatic carbocycles. The van der Waals surface area contributed by atoms with Crippen molar-refractivity contribution in [1.29, 1.82) is 5.26 Å². The van der Waals surface area contributed by atoms with E-state index in [9.17, 15) is 0 Å². The Morgan fingerprint density at radius 2 is 1.94 bits per heavy atom. The van der Waals surface area contributed by atoms with Gasteiger partial charge in [-0.3, -0.25) is 0 Å². The van der Waals surface area contributed by atoms with E-state index in [-0.39, 0.29) is 0 Å². The summed E-state index contributed by atoms with van der Waals surface area (Å²) in [5.41, 5.74) is 7.89. The Kier molecular flexibility index (Phi) is 5.06. The van der Waals surface area contributed by atoms with Gasteiger partial charge in [0.2, 0.25) is 0 Å². The van der Waals surface area contributed by atoms with E-state index in [4.69, 9.17) is 20.5 Å². The van der Waals surface area contributed by atoms with E-state index in [1.807, 2.05) is 13.0 Å². The van der Waals surface area contributed by atoms with Crippen molar-refractivity contribution >= 4 is 5.70 Å². The van der Waals surface area contributed by atoms with Gasteiger partial charge in [0.1, 0.15) is 0 Å². The Bertz CT molecular complexity index is 487. The molecule has 96 valence electrons. The van der Waals surface area contributed by atoms with Gasteiger partial charge in [-0.25, -0.2) is 0 Å². The molecule has 0 atom stereocenters. The first-order valence-corrected chi connectivity index (χ1v) is 5.79. The molecule has 0 spiro atoms. The minimum Gasteiger partial charge on any atom is -0.493 e. The molecule has 0 aliphatic rings. The van der Waals surface area contributed by atoms with Crippen LogP contribution >= 0.6 is 0 Å². The molecule has 1 rings (SSSR count). The zero-order valence-electron chi connectivity index (χ0n) is 11.0. The van der Waals surface area contributed by atoms with Crippen LogP contribution in [0.5, 0.6) is 11.5 Å². The maximum Gasteiger partial charge on any atom is 0.161 e. The molecule has 0 aromatic heterocycles. The van der Waals surface area contributed by atoms with Crippen LogP contribution in [-0.4, -0.2) is 14.2 Å². The number of nitriles is 1. The molecule has 0 bridgehead atoms. The zero-order chi connectivity index (χ0) is 13.5. The second-order valence-corrected chi connectivity index (χ2v) is 3.82. The van der Waals surface area contributed by atoms with Crippen LogP contribution in [0, 0.1) is 11.3 Å². The van der Waals surface area contributed by atoms with Crippen molar-refractivity contribution in [3.05, 3.63) is 29.3 Å². The molecule has 0 amide bonds. The van der Waals surface area contributed by atoms with Crippen LogP contribution in [0.4, 0.5) is 0 Å². The number of allylic oxidation sites excluding steroid dienone is 1. The van der Waals surface area contributed by atoms with Gasteiger partial charge in [0.05, 0.1) is 31.6 Å². The Labute approximate surface area is 108 Å². The summed E-state index contributed by atoms with van der Waals surface area (Å²) < 4.78 is 10.4. The fourth-order valence-corrected chi connectivity index (χ4v) is 1.68. The quantitative estimate of drug-likeness (QED) is 0.811. The lowest BCUT2D eigenvalue weighted by molar-refractivity contribution is 0.355. The van der Waals surface area contributed by atoms with Crippen molar-refractivity contribution in [2.75, 3.05) is 14.2 Å². The second kappa shape index (κ2) is 6.55. The summed E-state index contributed by atoms with van der Waals surface area (Å²) in [4.78, 5) is 0. The van der Waals surface area contributed by atoms with E-state index < -0.39 is 0 Å². The fraction of sp³-hybridized carbons (Fsp3) is 0.357. The summed E-state index contributed by atoms with van der Waals surface area (Å²) in [6.45, 7) is 2.01. The standard InChI is InChI=1S/C14H18N2O2/c1-4-5-11(9-15)14(16)10-6-7-12(17-2)13(8-10)18-3/h6-8H,4-5,16H2,1-3H3/b14-11-. The van der Waals surface area contributed by atoms with Gasteiger partial charge in [-0.05, 0) is 24.6 Å². The van der Waals surface area contributed by atoms with Crippen LogP contribution in [-0.2, 0) is 0 Å². The SMILES string of the molecule is CCC/C(C#N)=C(/N)c1ccc(OC)c(OC)c1. The summed E-state index contributed by atoms with van der Waals surface area (Å²) in [5.74, 6) is 1.25. The van der Waals surface area contributed by atoms with Gasteiger partial charge in [0.25, 0.3) is 0 Å². The minimum absolute atomic E-state index is 0.500. The maximum absolute atomic E-state index is 9.07. The van der Waals surface area contributed by atoms with Gasteiger partial charge in [-0.1, -0.05) is 13.3 Å². The minimum atomic E-state index is 0.500. The first kappa shape index (κ1) is 13.9. The van der Waals surface area contributed by atoms with Crippen molar-refractivity contribution in [2.24, 2.45) is 5.73 Å². The van der Waals surface area contributed by atoms with E-state index in [1.165, 1.54) is 0 Å². The van der Waals surface area contributed by atoms with E-state index >= 15 is 0 Å². The van der Waals surface area contributed by atoms with E-state index in [2.05, 4.69) is 6.07 Å². The van der Waals surface area contributed by atoms with Crippen LogP contribution in [0.1, 0.15) is 25.3 Å². The van der Waals surface area contributed by atoms with Crippen LogP contribution in [0.2, 0.25) is 0 Å². The normalized spacial score (nSPS) is 11.4. The smallest absolute Gasteiger partial charge is 0.161 e. The largest absolute Gasteiger partial charge is 0.493 e. The molecule has 0 saturated carbocycles. The highest BCUT2D eigenvalue weighted by atomic mass is 16.5. The predicted molar refractivity (Wildman–Crippen MR) is 71.2 cm³/mol. The van der Waals surface area contributed by atoms with Crippen LogP contribution in [0.25, 0.3) is 5.70 Å². The van der Waals surface area contributed by atoms with Crippen molar-refractivity contribution < 1.29 is 9.47 Å². The van der Waals surface area contributed by atoms with Crippen molar-refractivity contribution in [3.63, 3.8) is 0 Å². The summed E-state index contributed by atoms with van der Waals surface area (Å²) in [6, 6.07) is 7.53. The molecule has 0 aliphatic heterocycles. The van der Waals surface area contributed by atoms with Gasteiger partial charge in [-0.15, -0.1) is 0 Å². The number of ether oxygens (including phenoxy) is 2. The number of nitrogens with two attached hydrogens (primary N) is 1. The third-order valence-corrected chi connectivity index (χ3v) is 2.65. The van der Waals surface area contributed by atoms with Crippen LogP contribution in [0.15, 0.2) is 23.8 Å². The van der Waals surface area contributed by atoms with E-state index in [0.717, 1.165) is 12.0 Å². The molecule has 4 heteroatoms. The average molecular weight is 246 g/mol. The number of hydrogen-bond donors (Lipinski definition) is 1. The topological polar surface area (TPSA) is 68.3 Å². The number of nitrogens with zero attached hydrogens (tertiary/aromatic N) is 1. The molecule has 1 aromatic rings. The molecule has 0 fully saturated rings. The highest BCUT2D eigenvalue weighted by molar-refractivity contribution is 5.71. The average Bonchev–Trinajstić information content (AvgIpc) is 2.43. The van der Waals surface area contributed by atoms with Crippen LogP contribution < -0.4 is 15.2 Å². The first-order chi connectivity index (χ1) is 8.67. The van der Waals surface area contributed by atoms with Gasteiger partial charge in [-0.2, -0.15) is 5.26 Å². The van der Waals surface area contributed by atoms with Gasteiger partial charge in [0.15, 0.2) is 11.5 Å². The first-order valence-electron chi connectivity index (χ1n) is 5.79. The maximum atomic E-state index is 9.07. The Morgan fingerprint density at radius 3 is 2.44 bits per heavy atom. The Hall–Kier alpha value is -2.15. The van der Waals surface area contributed by atoms with E-state index in [1.54, 1.807) is 26.4 Å². The highest BCUT2D eigenvalue weighted by Crippen LogP contribution is 2.30. The third kappa shape index (κ3) is 2.95. The molecule has 0 radical (unpaired) electrons. The summed E-state index contributed by atoms with van der Waals surface area (Å²) in [6.07, 6.45) is 1.56. The highest BCUT2D eigenvalue weighted by Gasteiger charge is 2.09. The third-order valence-electron chi connectivity index (χ3n) is 2.65. The molecule has 2 N–H and O–H groups in total. The van der Waals surface area contributed by atoms with Gasteiger partial charge >= 0.3 is 0 Å². The van der Waals surface area contributed by atoms with Crippen molar-refractivity contribution in [1.82, 2.24) is 0 Å². The molecule has 0 aliphatic carbocycles. The molecule has 0 heterocycles. The lowest BCUT2D eigenvalue weighted by Gasteiger charge is -2.10. The number of methoxy groups -OCH3 is 2. The molecular formula is C14H18N2O2. The fourth-order valence-electron chi connectivity index (χ4n) is 1.68. The molecule has 0 unspecified atom stereocenters. The van der Waals surface area contributed by atoms with Crippen LogP contribution in [0.3, 0.4) is 0 Å². The molecule has 4 nitrogen and oxygen atoms in total. The van der Waals surface area contributed by atoms with Gasteiger partial charge < -0.3 is 15.2 Å².